The largest absolute Gasteiger partial charge is 0.455 e. The normalized spacial score (nSPS) is 10.7. The molecule has 0 aliphatic rings. The van der Waals surface area contributed by atoms with Gasteiger partial charge in [-0.15, -0.1) is 0 Å². The van der Waals surface area contributed by atoms with Crippen LogP contribution in [0.1, 0.15) is 25.1 Å². The van der Waals surface area contributed by atoms with E-state index in [-0.39, 0.29) is 0 Å². The summed E-state index contributed by atoms with van der Waals surface area (Å²) >= 11 is 0. The lowest BCUT2D eigenvalue weighted by Gasteiger charge is -2.13. The van der Waals surface area contributed by atoms with E-state index in [1.165, 1.54) is 0 Å². The van der Waals surface area contributed by atoms with Gasteiger partial charge in [-0.3, -0.25) is 4.98 Å². The van der Waals surface area contributed by atoms with Crippen LogP contribution in [0.15, 0.2) is 42.6 Å². The minimum Gasteiger partial charge on any atom is -0.455 e. The molecule has 1 N–H and O–H groups in total. The first-order valence-corrected chi connectivity index (χ1v) is 6.57. The minimum atomic E-state index is 0.453. The molecule has 0 saturated heterocycles. The van der Waals surface area contributed by atoms with Crippen molar-refractivity contribution >= 4 is 0 Å². The quantitative estimate of drug-likeness (QED) is 0.886. The maximum atomic E-state index is 5.89. The molecule has 0 spiro atoms. The molecule has 0 atom stereocenters. The topological polar surface area (TPSA) is 34.1 Å². The highest BCUT2D eigenvalue weighted by Crippen LogP contribution is 2.24. The number of para-hydroxylation sites is 1. The zero-order valence-electron chi connectivity index (χ0n) is 11.7. The maximum absolute atomic E-state index is 5.89. The van der Waals surface area contributed by atoms with Crippen LogP contribution in [0.25, 0.3) is 0 Å². The summed E-state index contributed by atoms with van der Waals surface area (Å²) in [5.74, 6) is 1.64. The molecule has 0 aliphatic heterocycles. The number of pyridine rings is 1. The molecule has 2 rings (SSSR count). The number of benzene rings is 1. The molecule has 1 aromatic carbocycles. The summed E-state index contributed by atoms with van der Waals surface area (Å²) in [6, 6.07) is 12.4. The van der Waals surface area contributed by atoms with Gasteiger partial charge in [0.05, 0.1) is 6.20 Å². The first kappa shape index (κ1) is 13.6. The van der Waals surface area contributed by atoms with Gasteiger partial charge >= 0.3 is 0 Å². The Balaban J connectivity index is 2.13. The maximum Gasteiger partial charge on any atom is 0.145 e. The smallest absolute Gasteiger partial charge is 0.145 e. The summed E-state index contributed by atoms with van der Waals surface area (Å²) < 4.78 is 5.89. The highest BCUT2D eigenvalue weighted by molar-refractivity contribution is 5.37. The van der Waals surface area contributed by atoms with Crippen molar-refractivity contribution < 1.29 is 4.74 Å². The van der Waals surface area contributed by atoms with Crippen LogP contribution in [-0.2, 0) is 6.54 Å². The molecule has 0 bridgehead atoms. The number of hydrogen-bond acceptors (Lipinski definition) is 3. The molecule has 0 saturated carbocycles. The van der Waals surface area contributed by atoms with Gasteiger partial charge in [-0.1, -0.05) is 32.0 Å². The zero-order valence-corrected chi connectivity index (χ0v) is 11.7. The average molecular weight is 256 g/mol. The van der Waals surface area contributed by atoms with Gasteiger partial charge < -0.3 is 10.1 Å². The minimum absolute atomic E-state index is 0.453. The van der Waals surface area contributed by atoms with Crippen molar-refractivity contribution in [2.75, 3.05) is 0 Å². The van der Waals surface area contributed by atoms with E-state index >= 15 is 0 Å². The van der Waals surface area contributed by atoms with Crippen LogP contribution in [0.4, 0.5) is 0 Å². The Hall–Kier alpha value is -1.87. The lowest BCUT2D eigenvalue weighted by atomic mass is 10.2. The van der Waals surface area contributed by atoms with Crippen LogP contribution in [0.5, 0.6) is 11.5 Å². The molecule has 2 aromatic rings. The SMILES string of the molecule is Cc1ccc(Oc2ccccc2CNC(C)C)cn1. The predicted molar refractivity (Wildman–Crippen MR) is 77.5 cm³/mol. The van der Waals surface area contributed by atoms with E-state index in [2.05, 4.69) is 30.2 Å². The first-order valence-electron chi connectivity index (χ1n) is 6.57. The van der Waals surface area contributed by atoms with Crippen molar-refractivity contribution in [3.63, 3.8) is 0 Å². The van der Waals surface area contributed by atoms with E-state index in [4.69, 9.17) is 4.74 Å². The second kappa shape index (κ2) is 6.34. The summed E-state index contributed by atoms with van der Waals surface area (Å²) in [5.41, 5.74) is 2.14. The third-order valence-electron chi connectivity index (χ3n) is 2.79. The molecule has 1 heterocycles. The fourth-order valence-electron chi connectivity index (χ4n) is 1.71. The van der Waals surface area contributed by atoms with Crippen molar-refractivity contribution in [1.82, 2.24) is 10.3 Å². The zero-order chi connectivity index (χ0) is 13.7. The summed E-state index contributed by atoms with van der Waals surface area (Å²) in [6.45, 7) is 7.03. The lowest BCUT2D eigenvalue weighted by molar-refractivity contribution is 0.467. The molecule has 0 aliphatic carbocycles. The summed E-state index contributed by atoms with van der Waals surface area (Å²) in [4.78, 5) is 4.24. The molecule has 0 amide bonds. The molecule has 100 valence electrons. The number of nitrogens with zero attached hydrogens (tertiary/aromatic N) is 1. The van der Waals surface area contributed by atoms with E-state index in [9.17, 15) is 0 Å². The second-order valence-electron chi connectivity index (χ2n) is 4.88. The fourth-order valence-corrected chi connectivity index (χ4v) is 1.71. The van der Waals surface area contributed by atoms with E-state index in [1.807, 2.05) is 37.3 Å². The molecule has 0 unspecified atom stereocenters. The average Bonchev–Trinajstić information content (AvgIpc) is 2.40. The third-order valence-corrected chi connectivity index (χ3v) is 2.79. The van der Waals surface area contributed by atoms with Gasteiger partial charge in [-0.25, -0.2) is 0 Å². The fraction of sp³-hybridized carbons (Fsp3) is 0.312. The highest BCUT2D eigenvalue weighted by atomic mass is 16.5. The first-order chi connectivity index (χ1) is 9.15. The van der Waals surface area contributed by atoms with Crippen molar-refractivity contribution in [3.05, 3.63) is 53.9 Å². The number of rotatable bonds is 5. The van der Waals surface area contributed by atoms with Crippen LogP contribution < -0.4 is 10.1 Å². The van der Waals surface area contributed by atoms with Gasteiger partial charge in [-0.05, 0) is 25.1 Å². The van der Waals surface area contributed by atoms with E-state index < -0.39 is 0 Å². The van der Waals surface area contributed by atoms with E-state index in [0.29, 0.717) is 6.04 Å². The van der Waals surface area contributed by atoms with Crippen LogP contribution in [-0.4, -0.2) is 11.0 Å². The Labute approximate surface area is 114 Å². The summed E-state index contributed by atoms with van der Waals surface area (Å²) in [6.07, 6.45) is 1.75. The number of ether oxygens (including phenoxy) is 1. The van der Waals surface area contributed by atoms with Gasteiger partial charge in [0.15, 0.2) is 0 Å². The molecule has 3 nitrogen and oxygen atoms in total. The standard InChI is InChI=1S/C16H20N2O/c1-12(2)17-10-14-6-4-5-7-16(14)19-15-9-8-13(3)18-11-15/h4-9,11-12,17H,10H2,1-3H3. The Morgan fingerprint density at radius 3 is 2.63 bits per heavy atom. The molecular formula is C16H20N2O. The highest BCUT2D eigenvalue weighted by Gasteiger charge is 2.05. The van der Waals surface area contributed by atoms with Crippen molar-refractivity contribution in [3.8, 4) is 11.5 Å². The molecular weight excluding hydrogens is 236 g/mol. The van der Waals surface area contributed by atoms with E-state index in [1.54, 1.807) is 6.20 Å². The molecule has 0 fully saturated rings. The van der Waals surface area contributed by atoms with E-state index in [0.717, 1.165) is 29.3 Å². The van der Waals surface area contributed by atoms with Crippen molar-refractivity contribution in [2.24, 2.45) is 0 Å². The Morgan fingerprint density at radius 2 is 1.95 bits per heavy atom. The number of aryl methyl sites for hydroxylation is 1. The Bertz CT molecular complexity index is 521. The van der Waals surface area contributed by atoms with Gasteiger partial charge in [0.2, 0.25) is 0 Å². The molecule has 19 heavy (non-hydrogen) atoms. The van der Waals surface area contributed by atoms with Crippen molar-refractivity contribution in [1.29, 1.82) is 0 Å². The monoisotopic (exact) mass is 256 g/mol. The molecule has 0 radical (unpaired) electrons. The van der Waals surface area contributed by atoms with Crippen molar-refractivity contribution in [2.45, 2.75) is 33.4 Å². The van der Waals surface area contributed by atoms with Gasteiger partial charge in [-0.2, -0.15) is 0 Å². The van der Waals surface area contributed by atoms with Crippen LogP contribution in [0.3, 0.4) is 0 Å². The number of hydrogen-bond donors (Lipinski definition) is 1. The van der Waals surface area contributed by atoms with Crippen LogP contribution >= 0.6 is 0 Å². The third kappa shape index (κ3) is 4.07. The molecule has 1 aromatic heterocycles. The van der Waals surface area contributed by atoms with Gasteiger partial charge in [0.1, 0.15) is 11.5 Å². The van der Waals surface area contributed by atoms with Crippen LogP contribution in [0, 0.1) is 6.92 Å². The lowest BCUT2D eigenvalue weighted by Crippen LogP contribution is -2.22. The predicted octanol–water partition coefficient (Wildman–Crippen LogP) is 3.68. The Kier molecular flexibility index (Phi) is 4.53. The van der Waals surface area contributed by atoms with Crippen LogP contribution in [0.2, 0.25) is 0 Å². The summed E-state index contributed by atoms with van der Waals surface area (Å²) in [7, 11) is 0. The number of aromatic nitrogens is 1. The van der Waals surface area contributed by atoms with Gasteiger partial charge in [0, 0.05) is 23.8 Å². The van der Waals surface area contributed by atoms with Gasteiger partial charge in [0.25, 0.3) is 0 Å². The molecule has 3 heteroatoms. The Morgan fingerprint density at radius 1 is 1.16 bits per heavy atom. The number of nitrogens with one attached hydrogen (secondary N) is 1. The second-order valence-corrected chi connectivity index (χ2v) is 4.88. The summed E-state index contributed by atoms with van der Waals surface area (Å²) in [5, 5.41) is 3.40.